The number of hydrogen-bond donors (Lipinski definition) is 0. The molecule has 2 aromatic rings. The summed E-state index contributed by atoms with van der Waals surface area (Å²) in [6.45, 7) is 14.0. The molecule has 1 fully saturated rings. The minimum Gasteiger partial charge on any atom is -0.296 e. The zero-order valence-corrected chi connectivity index (χ0v) is 19.2. The fourth-order valence-corrected chi connectivity index (χ4v) is 5.78. The average molecular weight is 422 g/mol. The predicted molar refractivity (Wildman–Crippen MR) is 115 cm³/mol. The molecule has 28 heavy (non-hydrogen) atoms. The van der Waals surface area contributed by atoms with E-state index < -0.39 is 10.0 Å². The van der Waals surface area contributed by atoms with Crippen LogP contribution in [0.4, 0.5) is 0 Å². The van der Waals surface area contributed by atoms with Crippen LogP contribution in [-0.2, 0) is 22.0 Å². The molecule has 0 amide bonds. The Kier molecular flexibility index (Phi) is 6.29. The van der Waals surface area contributed by atoms with Crippen molar-refractivity contribution in [3.8, 4) is 0 Å². The van der Waals surface area contributed by atoms with Crippen LogP contribution in [0.3, 0.4) is 0 Å². The van der Waals surface area contributed by atoms with Crippen LogP contribution in [0.2, 0.25) is 0 Å². The molecule has 0 unspecified atom stereocenters. The Balaban J connectivity index is 1.67. The van der Waals surface area contributed by atoms with Gasteiger partial charge in [0.05, 0.1) is 15.6 Å². The molecule has 3 rings (SSSR count). The molecule has 0 aliphatic carbocycles. The summed E-state index contributed by atoms with van der Waals surface area (Å²) in [6, 6.07) is 5.40. The Morgan fingerprint density at radius 2 is 1.82 bits per heavy atom. The maximum atomic E-state index is 13.1. The quantitative estimate of drug-likeness (QED) is 0.750. The van der Waals surface area contributed by atoms with Crippen molar-refractivity contribution >= 4 is 21.4 Å². The van der Waals surface area contributed by atoms with E-state index in [4.69, 9.17) is 4.98 Å². The van der Waals surface area contributed by atoms with Crippen molar-refractivity contribution in [3.05, 3.63) is 45.4 Å². The van der Waals surface area contributed by atoms with Crippen molar-refractivity contribution in [1.82, 2.24) is 14.2 Å². The molecule has 1 aliphatic rings. The monoisotopic (exact) mass is 421 g/mol. The van der Waals surface area contributed by atoms with Gasteiger partial charge in [-0.25, -0.2) is 13.4 Å². The molecule has 1 aliphatic heterocycles. The molecular formula is C21H31N3O2S2. The van der Waals surface area contributed by atoms with E-state index in [2.05, 4.69) is 31.1 Å². The summed E-state index contributed by atoms with van der Waals surface area (Å²) in [5, 5.41) is 3.28. The van der Waals surface area contributed by atoms with Crippen LogP contribution in [0, 0.1) is 13.8 Å². The Hall–Kier alpha value is -1.28. The van der Waals surface area contributed by atoms with E-state index in [-0.39, 0.29) is 5.41 Å². The number of benzene rings is 1. The van der Waals surface area contributed by atoms with Crippen LogP contribution in [0.5, 0.6) is 0 Å². The van der Waals surface area contributed by atoms with Gasteiger partial charge in [-0.15, -0.1) is 11.3 Å². The summed E-state index contributed by atoms with van der Waals surface area (Å²) in [7, 11) is -3.44. The second-order valence-corrected chi connectivity index (χ2v) is 11.5. The Labute approximate surface area is 173 Å². The molecule has 0 bridgehead atoms. The van der Waals surface area contributed by atoms with E-state index in [0.29, 0.717) is 18.0 Å². The highest BCUT2D eigenvalue weighted by Gasteiger charge is 2.27. The highest BCUT2D eigenvalue weighted by atomic mass is 32.2. The summed E-state index contributed by atoms with van der Waals surface area (Å²) >= 11 is 1.71. The van der Waals surface area contributed by atoms with Gasteiger partial charge in [-0.3, -0.25) is 4.90 Å². The lowest BCUT2D eigenvalue weighted by molar-refractivity contribution is 0.275. The van der Waals surface area contributed by atoms with Crippen LogP contribution in [0.1, 0.15) is 49.0 Å². The second-order valence-electron chi connectivity index (χ2n) is 8.67. The molecule has 0 radical (unpaired) electrons. The maximum Gasteiger partial charge on any atom is 0.243 e. The largest absolute Gasteiger partial charge is 0.296 e. The first-order chi connectivity index (χ1) is 13.1. The summed E-state index contributed by atoms with van der Waals surface area (Å²) in [4.78, 5) is 7.50. The lowest BCUT2D eigenvalue weighted by atomic mass is 9.98. The van der Waals surface area contributed by atoms with Crippen LogP contribution in [0.15, 0.2) is 28.5 Å². The van der Waals surface area contributed by atoms with Crippen molar-refractivity contribution in [2.24, 2.45) is 0 Å². The van der Waals surface area contributed by atoms with Crippen LogP contribution in [0.25, 0.3) is 0 Å². The van der Waals surface area contributed by atoms with Crippen LogP contribution >= 0.6 is 11.3 Å². The fraction of sp³-hybridized carbons (Fsp3) is 0.571. The SMILES string of the molecule is Cc1ccc(S(=O)(=O)N2CCCN(Cc3csc(C(C)(C)C)n3)CC2)cc1C. The first-order valence-electron chi connectivity index (χ1n) is 9.82. The zero-order valence-electron chi connectivity index (χ0n) is 17.5. The zero-order chi connectivity index (χ0) is 20.5. The van der Waals surface area contributed by atoms with Gasteiger partial charge in [-0.05, 0) is 50.1 Å². The number of hydrogen-bond acceptors (Lipinski definition) is 5. The third kappa shape index (κ3) is 4.82. The van der Waals surface area contributed by atoms with Gasteiger partial charge in [0.2, 0.25) is 10.0 Å². The number of rotatable bonds is 4. The molecule has 0 atom stereocenters. The molecule has 0 saturated carbocycles. The van der Waals surface area contributed by atoms with Crippen molar-refractivity contribution in [3.63, 3.8) is 0 Å². The van der Waals surface area contributed by atoms with E-state index in [1.807, 2.05) is 19.9 Å². The third-order valence-electron chi connectivity index (χ3n) is 5.24. The number of sulfonamides is 1. The van der Waals surface area contributed by atoms with Crippen molar-refractivity contribution in [2.45, 2.75) is 57.9 Å². The summed E-state index contributed by atoms with van der Waals surface area (Å²) in [5.74, 6) is 0. The molecule has 2 heterocycles. The Bertz CT molecular complexity index is 929. The molecule has 0 spiro atoms. The minimum absolute atomic E-state index is 0.0682. The van der Waals surface area contributed by atoms with E-state index >= 15 is 0 Å². The first kappa shape index (κ1) is 21.4. The highest BCUT2D eigenvalue weighted by molar-refractivity contribution is 7.89. The van der Waals surface area contributed by atoms with Gasteiger partial charge in [0.1, 0.15) is 0 Å². The number of aryl methyl sites for hydroxylation is 2. The molecule has 154 valence electrons. The number of thiazole rings is 1. The van der Waals surface area contributed by atoms with E-state index in [1.165, 1.54) is 0 Å². The number of aromatic nitrogens is 1. The van der Waals surface area contributed by atoms with Gasteiger partial charge in [-0.2, -0.15) is 4.31 Å². The van der Waals surface area contributed by atoms with E-state index in [9.17, 15) is 8.42 Å². The third-order valence-corrected chi connectivity index (χ3v) is 8.45. The first-order valence-corrected chi connectivity index (χ1v) is 12.1. The molecule has 1 saturated heterocycles. The van der Waals surface area contributed by atoms with Gasteiger partial charge in [0, 0.05) is 37.0 Å². The maximum absolute atomic E-state index is 13.1. The lowest BCUT2D eigenvalue weighted by Gasteiger charge is -2.21. The normalized spacial score (nSPS) is 17.6. The fourth-order valence-electron chi connectivity index (χ4n) is 3.32. The van der Waals surface area contributed by atoms with Crippen molar-refractivity contribution in [2.75, 3.05) is 26.2 Å². The topological polar surface area (TPSA) is 53.5 Å². The standard InChI is InChI=1S/C21H31N3O2S2/c1-16-7-8-19(13-17(16)2)28(25,26)24-10-6-9-23(11-12-24)14-18-15-27-20(22-18)21(3,4)5/h7-8,13,15H,6,9-12,14H2,1-5H3. The summed E-state index contributed by atoms with van der Waals surface area (Å²) in [6.07, 6.45) is 0.834. The minimum atomic E-state index is -3.44. The lowest BCUT2D eigenvalue weighted by Crippen LogP contribution is -2.35. The summed E-state index contributed by atoms with van der Waals surface area (Å²) < 4.78 is 27.8. The number of nitrogens with zero attached hydrogens (tertiary/aromatic N) is 3. The van der Waals surface area contributed by atoms with Crippen LogP contribution < -0.4 is 0 Å². The van der Waals surface area contributed by atoms with Crippen molar-refractivity contribution in [1.29, 1.82) is 0 Å². The van der Waals surface area contributed by atoms with Gasteiger partial charge in [-0.1, -0.05) is 26.8 Å². The highest BCUT2D eigenvalue weighted by Crippen LogP contribution is 2.26. The average Bonchev–Trinajstić information content (AvgIpc) is 2.95. The van der Waals surface area contributed by atoms with Gasteiger partial charge >= 0.3 is 0 Å². The smallest absolute Gasteiger partial charge is 0.243 e. The van der Waals surface area contributed by atoms with E-state index in [0.717, 1.165) is 47.9 Å². The van der Waals surface area contributed by atoms with Gasteiger partial charge < -0.3 is 0 Å². The van der Waals surface area contributed by atoms with Crippen molar-refractivity contribution < 1.29 is 8.42 Å². The molecular weight excluding hydrogens is 390 g/mol. The Morgan fingerprint density at radius 1 is 1.07 bits per heavy atom. The summed E-state index contributed by atoms with van der Waals surface area (Å²) in [5.41, 5.74) is 3.27. The van der Waals surface area contributed by atoms with Gasteiger partial charge in [0.15, 0.2) is 0 Å². The molecule has 1 aromatic heterocycles. The van der Waals surface area contributed by atoms with Gasteiger partial charge in [0.25, 0.3) is 0 Å². The Morgan fingerprint density at radius 3 is 2.46 bits per heavy atom. The molecule has 7 heteroatoms. The molecule has 5 nitrogen and oxygen atoms in total. The van der Waals surface area contributed by atoms with E-state index in [1.54, 1.807) is 27.8 Å². The predicted octanol–water partition coefficient (Wildman–Crippen LogP) is 3.95. The van der Waals surface area contributed by atoms with Crippen LogP contribution in [-0.4, -0.2) is 48.8 Å². The molecule has 1 aromatic carbocycles. The molecule has 0 N–H and O–H groups in total. The second kappa shape index (κ2) is 8.22.